The van der Waals surface area contributed by atoms with Crippen molar-refractivity contribution in [1.29, 1.82) is 5.41 Å². The molecule has 18 heteroatoms. The zero-order valence-corrected chi connectivity index (χ0v) is 41.1. The molecule has 364 valence electrons. The molecule has 9 rings (SSSR count). The monoisotopic (exact) mass is 957 g/mol. The molecule has 69 heavy (non-hydrogen) atoms. The van der Waals surface area contributed by atoms with E-state index in [-0.39, 0.29) is 24.3 Å². The van der Waals surface area contributed by atoms with Gasteiger partial charge < -0.3 is 45.2 Å². The number of piperazine rings is 1. The number of carbonyl (C=O) groups excluding carboxylic acids is 3. The van der Waals surface area contributed by atoms with Gasteiger partial charge >= 0.3 is 0 Å². The van der Waals surface area contributed by atoms with E-state index in [1.54, 1.807) is 50.9 Å². The molecule has 4 fully saturated rings. The lowest BCUT2D eigenvalue weighted by Gasteiger charge is -2.48. The Kier molecular flexibility index (Phi) is 14.1. The van der Waals surface area contributed by atoms with Gasteiger partial charge in [-0.25, -0.2) is 4.98 Å². The number of methoxy groups -OCH3 is 1. The molecular weight excluding hydrogens is 894 g/mol. The number of hydrogen-bond acceptors (Lipinski definition) is 15. The Morgan fingerprint density at radius 1 is 0.913 bits per heavy atom. The van der Waals surface area contributed by atoms with Crippen LogP contribution in [0.3, 0.4) is 0 Å². The highest BCUT2D eigenvalue weighted by Crippen LogP contribution is 2.41. The number of aryl methyl sites for hydroxylation is 1. The SMILES string of the molecule is CCc1cc(Nc2ncc(/C(C=N)=C/NC)c(Nc3ccccc3P(C)(C)=O)n2)c(OC)cc1N1CCC(N2CCN(C3CC(Oc4cccc5c4CN(C4CCC(=O)NC4=O)C5=O)C3)CC2)CC1. The van der Waals surface area contributed by atoms with E-state index in [1.807, 2.05) is 36.4 Å². The number of piperidine rings is 2. The third-order valence-corrected chi connectivity index (χ3v) is 16.0. The first-order valence-corrected chi connectivity index (χ1v) is 26.8. The molecule has 5 N–H and O–H groups in total. The number of aromatic nitrogens is 2. The molecule has 17 nitrogen and oxygen atoms in total. The summed E-state index contributed by atoms with van der Waals surface area (Å²) in [5.74, 6) is 1.33. The summed E-state index contributed by atoms with van der Waals surface area (Å²) in [6, 6.07) is 17.7. The number of amides is 3. The van der Waals surface area contributed by atoms with Gasteiger partial charge in [0.25, 0.3) is 5.91 Å². The molecule has 1 aliphatic carbocycles. The van der Waals surface area contributed by atoms with Crippen LogP contribution in [0.4, 0.5) is 28.8 Å². The predicted octanol–water partition coefficient (Wildman–Crippen LogP) is 5.95. The van der Waals surface area contributed by atoms with Crippen molar-refractivity contribution in [3.8, 4) is 11.5 Å². The van der Waals surface area contributed by atoms with Crippen LogP contribution in [0.15, 0.2) is 67.0 Å². The van der Waals surface area contributed by atoms with Crippen molar-refractivity contribution >= 4 is 70.8 Å². The third-order valence-electron chi connectivity index (χ3n) is 14.4. The fourth-order valence-corrected chi connectivity index (χ4v) is 11.7. The Morgan fingerprint density at radius 2 is 1.65 bits per heavy atom. The van der Waals surface area contributed by atoms with Crippen molar-refractivity contribution in [3.05, 3.63) is 89.2 Å². The van der Waals surface area contributed by atoms with E-state index in [9.17, 15) is 18.9 Å². The average Bonchev–Trinajstić information content (AvgIpc) is 3.67. The zero-order chi connectivity index (χ0) is 48.4. The Hall–Kier alpha value is -6.29. The van der Waals surface area contributed by atoms with E-state index >= 15 is 0 Å². The van der Waals surface area contributed by atoms with Gasteiger partial charge in [-0.2, -0.15) is 4.98 Å². The van der Waals surface area contributed by atoms with Crippen LogP contribution < -0.4 is 40.9 Å². The lowest BCUT2D eigenvalue weighted by atomic mass is 9.87. The molecule has 1 saturated carbocycles. The first-order chi connectivity index (χ1) is 33.3. The fourth-order valence-electron chi connectivity index (χ4n) is 10.6. The summed E-state index contributed by atoms with van der Waals surface area (Å²) in [7, 11) is 0.821. The van der Waals surface area contributed by atoms with E-state index in [2.05, 4.69) is 60.0 Å². The first-order valence-electron chi connectivity index (χ1n) is 24.2. The van der Waals surface area contributed by atoms with Gasteiger partial charge in [-0.3, -0.25) is 29.5 Å². The van der Waals surface area contributed by atoms with Crippen molar-refractivity contribution in [2.24, 2.45) is 0 Å². The molecule has 1 aromatic heterocycles. The average molecular weight is 958 g/mol. The zero-order valence-electron chi connectivity index (χ0n) is 40.2. The van der Waals surface area contributed by atoms with Gasteiger partial charge in [0.05, 0.1) is 25.0 Å². The summed E-state index contributed by atoms with van der Waals surface area (Å²) in [5, 5.41) is 21.0. The minimum Gasteiger partial charge on any atom is -0.494 e. The van der Waals surface area contributed by atoms with E-state index in [1.165, 1.54) is 17.5 Å². The Balaban J connectivity index is 0.789. The Labute approximate surface area is 404 Å². The maximum atomic E-state index is 13.3. The van der Waals surface area contributed by atoms with Gasteiger partial charge in [-0.1, -0.05) is 25.1 Å². The second kappa shape index (κ2) is 20.4. The molecule has 1 unspecified atom stereocenters. The molecule has 3 aromatic carbocycles. The normalized spacial score (nSPS) is 21.6. The number of anilines is 5. The number of rotatable bonds is 16. The summed E-state index contributed by atoms with van der Waals surface area (Å²) in [5.41, 5.74) is 6.39. The van der Waals surface area contributed by atoms with Crippen molar-refractivity contribution in [2.75, 3.05) is 82.3 Å². The van der Waals surface area contributed by atoms with Gasteiger partial charge in [-0.05, 0) is 74.9 Å². The number of benzene rings is 3. The van der Waals surface area contributed by atoms with Crippen LogP contribution in [-0.2, 0) is 27.1 Å². The molecule has 4 aliphatic heterocycles. The van der Waals surface area contributed by atoms with E-state index in [0.29, 0.717) is 70.3 Å². The Bertz CT molecular complexity index is 2690. The number of ether oxygens (including phenoxy) is 2. The van der Waals surface area contributed by atoms with E-state index < -0.39 is 19.1 Å². The summed E-state index contributed by atoms with van der Waals surface area (Å²) >= 11 is 0. The number of hydrogen-bond donors (Lipinski definition) is 5. The summed E-state index contributed by atoms with van der Waals surface area (Å²) in [6.07, 6.45) is 10.2. The molecule has 0 radical (unpaired) electrons. The molecule has 0 bridgehead atoms. The number of nitrogens with zero attached hydrogens (tertiary/aromatic N) is 6. The molecule has 5 heterocycles. The van der Waals surface area contributed by atoms with E-state index in [0.717, 1.165) is 88.4 Å². The van der Waals surface area contributed by atoms with Crippen molar-refractivity contribution in [3.63, 3.8) is 0 Å². The highest BCUT2D eigenvalue weighted by Gasteiger charge is 2.42. The molecular formula is C51H64N11O6P. The van der Waals surface area contributed by atoms with Gasteiger partial charge in [-0.15, -0.1) is 0 Å². The quantitative estimate of drug-likeness (QED) is 0.0502. The van der Waals surface area contributed by atoms with Crippen molar-refractivity contribution in [2.45, 2.75) is 82.6 Å². The van der Waals surface area contributed by atoms with E-state index in [4.69, 9.17) is 19.9 Å². The highest BCUT2D eigenvalue weighted by atomic mass is 31.2. The van der Waals surface area contributed by atoms with Crippen molar-refractivity contribution < 1.29 is 28.4 Å². The number of imide groups is 1. The molecule has 3 amide bonds. The largest absolute Gasteiger partial charge is 0.494 e. The number of carbonyl (C=O) groups is 3. The van der Waals surface area contributed by atoms with Crippen LogP contribution in [0.2, 0.25) is 0 Å². The smallest absolute Gasteiger partial charge is 0.255 e. The summed E-state index contributed by atoms with van der Waals surface area (Å²) in [6.45, 7) is 12.0. The van der Waals surface area contributed by atoms with Crippen LogP contribution in [0.25, 0.3) is 5.57 Å². The second-order valence-electron chi connectivity index (χ2n) is 19.0. The predicted molar refractivity (Wildman–Crippen MR) is 271 cm³/mol. The van der Waals surface area contributed by atoms with Crippen LogP contribution in [-0.4, -0.2) is 140 Å². The molecule has 5 aliphatic rings. The van der Waals surface area contributed by atoms with Crippen molar-refractivity contribution in [1.82, 2.24) is 35.3 Å². The number of para-hydroxylation sites is 1. The third kappa shape index (κ3) is 10.1. The summed E-state index contributed by atoms with van der Waals surface area (Å²) in [4.78, 5) is 56.6. The molecule has 0 spiro atoms. The second-order valence-corrected chi connectivity index (χ2v) is 22.2. The minimum absolute atomic E-state index is 0.0801. The molecule has 4 aromatic rings. The summed E-state index contributed by atoms with van der Waals surface area (Å²) < 4.78 is 25.8. The van der Waals surface area contributed by atoms with Gasteiger partial charge in [0.1, 0.15) is 36.6 Å². The first kappa shape index (κ1) is 47.8. The lowest BCUT2D eigenvalue weighted by Crippen LogP contribution is -2.58. The van der Waals surface area contributed by atoms with Crippen LogP contribution in [0.5, 0.6) is 11.5 Å². The Morgan fingerprint density at radius 3 is 2.33 bits per heavy atom. The number of fused-ring (bicyclic) bond motifs is 1. The lowest BCUT2D eigenvalue weighted by molar-refractivity contribution is -0.136. The van der Waals surface area contributed by atoms with Crippen LogP contribution in [0, 0.1) is 5.41 Å². The fraction of sp³-hybridized carbons (Fsp3) is 0.451. The molecule has 1 atom stereocenters. The maximum absolute atomic E-state index is 13.3. The standard InChI is InChI=1S/C51H64N11O6P/c1-6-32-24-41(56-51-54-30-38(33(28-52)29-53-2)48(58-51)55-40-11-7-8-13-46(40)69(4,5)66)45(67-3)27-43(32)61-18-16-34(17-19-61)59-20-22-60(23-21-59)35-25-36(26-35)68-44-12-9-10-37-39(44)31-62(50(37)65)42-14-15-47(63)57-49(42)64/h7-13,24,27-30,34-36,42,52-53H,6,14-23,25-26,31H2,1-5H3,(H,57,63,64)(H2,54,55,56,58)/b33-29+,52-28?. The maximum Gasteiger partial charge on any atom is 0.255 e. The van der Waals surface area contributed by atoms with Gasteiger partial charge in [0.15, 0.2) is 0 Å². The van der Waals surface area contributed by atoms with Crippen LogP contribution in [0.1, 0.15) is 72.5 Å². The van der Waals surface area contributed by atoms with Gasteiger partial charge in [0.2, 0.25) is 17.8 Å². The van der Waals surface area contributed by atoms with Gasteiger partial charge in [0, 0.05) is 136 Å². The highest BCUT2D eigenvalue weighted by molar-refractivity contribution is 7.70. The molecule has 3 saturated heterocycles. The number of allylic oxidation sites excluding steroid dienone is 1. The minimum atomic E-state index is -2.63. The van der Waals surface area contributed by atoms with Crippen LogP contribution >= 0.6 is 7.14 Å². The topological polar surface area (TPSA) is 197 Å². The number of nitrogens with one attached hydrogen (secondary N) is 5.